The maximum atomic E-state index is 14.8. The zero-order chi connectivity index (χ0) is 50.0. The van der Waals surface area contributed by atoms with Gasteiger partial charge in [0, 0.05) is 0 Å². The van der Waals surface area contributed by atoms with Crippen LogP contribution in [-0.2, 0) is 19.2 Å². The molecule has 0 unspecified atom stereocenters. The number of hydrogen-bond acceptors (Lipinski definition) is 16. The average Bonchev–Trinajstić information content (AvgIpc) is 3.86. The number of halogens is 6. The van der Waals surface area contributed by atoms with Crippen molar-refractivity contribution in [2.45, 2.75) is 73.5 Å². The Balaban J connectivity index is 1.44. The van der Waals surface area contributed by atoms with Gasteiger partial charge in [-0.2, -0.15) is 46.1 Å². The Morgan fingerprint density at radius 2 is 0.779 bits per heavy atom. The van der Waals surface area contributed by atoms with Gasteiger partial charge in [0.05, 0.1) is 50.0 Å². The first kappa shape index (κ1) is 49.5. The van der Waals surface area contributed by atoms with Crippen molar-refractivity contribution in [2.75, 3.05) is 0 Å². The van der Waals surface area contributed by atoms with E-state index in [4.69, 9.17) is 18.9 Å². The van der Waals surface area contributed by atoms with Crippen LogP contribution < -0.4 is 18.9 Å². The molecule has 0 fully saturated rings. The van der Waals surface area contributed by atoms with Gasteiger partial charge >= 0.3 is 48.5 Å². The fourth-order valence-corrected chi connectivity index (χ4v) is 11.2. The summed E-state index contributed by atoms with van der Waals surface area (Å²) in [6.07, 6.45) is -14.5. The van der Waals surface area contributed by atoms with E-state index in [-0.39, 0.29) is 87.9 Å². The highest BCUT2D eigenvalue weighted by Gasteiger charge is 2.54. The summed E-state index contributed by atoms with van der Waals surface area (Å²) in [4.78, 5) is 112. The standard InChI is InChI=1S/C42H28F6N4O12S4/c1-39(2,3)33(55)63-21-23-25(67-31(65-23)19-27(41(43,44)45)49-35(57)51(29(19)53)37(59)61-17-13-9-7-10-14-17)22(64-34(56)40(4,5)6)26-24(21)66-32(68-26)20-28(42(46,47)48)50-36(58)52(30(20)54)38(60)62-18-15-11-8-12-16-18/h7-16H,1-6H3. The van der Waals surface area contributed by atoms with Crippen LogP contribution in [0.4, 0.5) is 45.5 Å². The van der Waals surface area contributed by atoms with Crippen LogP contribution >= 0.6 is 47.0 Å². The molecule has 0 aromatic heterocycles. The summed E-state index contributed by atoms with van der Waals surface area (Å²) < 4.78 is 109. The lowest BCUT2D eigenvalue weighted by atomic mass is 9.97. The number of amides is 8. The first-order chi connectivity index (χ1) is 31.6. The predicted octanol–water partition coefficient (Wildman–Crippen LogP) is 10.7. The Morgan fingerprint density at radius 1 is 0.485 bits per heavy atom. The number of rotatable bonds is 4. The lowest BCUT2D eigenvalue weighted by Gasteiger charge is -2.25. The summed E-state index contributed by atoms with van der Waals surface area (Å²) in [6, 6.07) is 9.75. The molecule has 16 nitrogen and oxygen atoms in total. The molecule has 0 aliphatic carbocycles. The first-order valence-corrected chi connectivity index (χ1v) is 22.4. The number of alkyl halides is 6. The second-order valence-electron chi connectivity index (χ2n) is 16.1. The summed E-state index contributed by atoms with van der Waals surface area (Å²) in [5, 5.41) is 0. The molecule has 8 amide bonds. The van der Waals surface area contributed by atoms with Crippen LogP contribution in [-0.4, -0.2) is 81.6 Å². The lowest BCUT2D eigenvalue weighted by molar-refractivity contribution is -0.144. The van der Waals surface area contributed by atoms with Gasteiger partial charge in [-0.05, 0) is 65.8 Å². The minimum Gasteiger partial charge on any atom is -0.424 e. The minimum atomic E-state index is -5.54. The van der Waals surface area contributed by atoms with Gasteiger partial charge in [0.25, 0.3) is 11.8 Å². The van der Waals surface area contributed by atoms with Crippen molar-refractivity contribution in [3.05, 3.63) is 80.3 Å². The lowest BCUT2D eigenvalue weighted by Crippen LogP contribution is -2.50. The van der Waals surface area contributed by atoms with Crippen molar-refractivity contribution in [1.82, 2.24) is 9.80 Å². The number of aliphatic imine (C=N–C) groups is 2. The monoisotopic (exact) mass is 1020 g/mol. The molecule has 4 aliphatic rings. The van der Waals surface area contributed by atoms with Crippen molar-refractivity contribution in [3.63, 3.8) is 0 Å². The molecular formula is C42H28F6N4O12S4. The summed E-state index contributed by atoms with van der Waals surface area (Å²) in [6.45, 7) is 8.41. The molecule has 0 N–H and O–H groups in total. The maximum Gasteiger partial charge on any atom is 0.434 e. The Kier molecular flexibility index (Phi) is 13.1. The largest absolute Gasteiger partial charge is 0.434 e. The van der Waals surface area contributed by atoms with E-state index in [1.807, 2.05) is 0 Å². The van der Waals surface area contributed by atoms with E-state index in [0.717, 1.165) is 0 Å². The van der Waals surface area contributed by atoms with Crippen LogP contribution in [0.5, 0.6) is 23.0 Å². The number of carbonyl (C=O) groups is 8. The van der Waals surface area contributed by atoms with Gasteiger partial charge in [-0.25, -0.2) is 19.2 Å². The molecule has 0 radical (unpaired) electrons. The summed E-state index contributed by atoms with van der Waals surface area (Å²) in [5.41, 5.74) is -9.57. The highest BCUT2D eigenvalue weighted by molar-refractivity contribution is 8.26. The topological polar surface area (TPSA) is 205 Å². The van der Waals surface area contributed by atoms with Gasteiger partial charge < -0.3 is 18.9 Å². The molecule has 4 heterocycles. The smallest absolute Gasteiger partial charge is 0.424 e. The number of hydrogen-bond donors (Lipinski definition) is 0. The molecule has 4 aliphatic heterocycles. The normalized spacial score (nSPS) is 16.6. The summed E-state index contributed by atoms with van der Waals surface area (Å²) in [5.74, 6) is -7.35. The van der Waals surface area contributed by atoms with Gasteiger partial charge in [0.15, 0.2) is 22.9 Å². The SMILES string of the molecule is CC(C)(C)C(=O)Oc1c2c(c(OC(=O)C(C)(C)C)c3c1SC(=C1C(=O)N(C(=O)Oc4ccccc4)C(=O)N=C1C(F)(F)F)S3)SC(=C1C(=O)N(C(=O)Oc3ccccc3)C(=O)N=C1C(F)(F)F)S2. The van der Waals surface area contributed by atoms with Gasteiger partial charge in [-0.1, -0.05) is 83.4 Å². The number of para-hydroxylation sites is 2. The van der Waals surface area contributed by atoms with Crippen molar-refractivity contribution in [3.8, 4) is 23.0 Å². The van der Waals surface area contributed by atoms with Crippen LogP contribution in [0.3, 0.4) is 0 Å². The minimum absolute atomic E-state index is 0.209. The predicted molar refractivity (Wildman–Crippen MR) is 230 cm³/mol. The van der Waals surface area contributed by atoms with E-state index in [0.29, 0.717) is 0 Å². The molecule has 0 bridgehead atoms. The number of fused-ring (bicyclic) bond motifs is 2. The summed E-state index contributed by atoms with van der Waals surface area (Å²) >= 11 is 1.14. The Labute approximate surface area is 395 Å². The van der Waals surface area contributed by atoms with Crippen molar-refractivity contribution < 1.29 is 83.6 Å². The Hall–Kier alpha value is -6.38. The number of esters is 2. The van der Waals surface area contributed by atoms with Crippen LogP contribution in [0.15, 0.2) is 110 Å². The van der Waals surface area contributed by atoms with Crippen LogP contribution in [0.25, 0.3) is 0 Å². The molecule has 7 rings (SSSR count). The number of benzene rings is 3. The molecule has 68 heavy (non-hydrogen) atoms. The molecular weight excluding hydrogens is 995 g/mol. The highest BCUT2D eigenvalue weighted by atomic mass is 32.2. The molecule has 354 valence electrons. The van der Waals surface area contributed by atoms with Crippen molar-refractivity contribution >= 4 is 106 Å². The van der Waals surface area contributed by atoms with E-state index < -0.39 is 114 Å². The molecule has 0 atom stereocenters. The van der Waals surface area contributed by atoms with Crippen LogP contribution in [0.1, 0.15) is 41.5 Å². The highest BCUT2D eigenvalue weighted by Crippen LogP contribution is 2.69. The van der Waals surface area contributed by atoms with E-state index in [9.17, 15) is 64.7 Å². The molecule has 0 spiro atoms. The fraction of sp³-hybridized carbons (Fsp3) is 0.238. The van der Waals surface area contributed by atoms with Gasteiger partial charge in [0.2, 0.25) is 0 Å². The summed E-state index contributed by atoms with van der Waals surface area (Å²) in [7, 11) is 0. The second kappa shape index (κ2) is 17.9. The van der Waals surface area contributed by atoms with Gasteiger partial charge in [-0.3, -0.25) is 19.2 Å². The van der Waals surface area contributed by atoms with Crippen molar-refractivity contribution in [1.29, 1.82) is 0 Å². The van der Waals surface area contributed by atoms with E-state index in [1.165, 1.54) is 102 Å². The third-order valence-electron chi connectivity index (χ3n) is 8.94. The number of urea groups is 2. The quantitative estimate of drug-likeness (QED) is 0.103. The third kappa shape index (κ3) is 9.66. The van der Waals surface area contributed by atoms with Crippen LogP contribution in [0.2, 0.25) is 0 Å². The fourth-order valence-electron chi connectivity index (χ4n) is 5.66. The first-order valence-electron chi connectivity index (χ1n) is 19.1. The van der Waals surface area contributed by atoms with E-state index >= 15 is 0 Å². The van der Waals surface area contributed by atoms with E-state index in [2.05, 4.69) is 9.98 Å². The zero-order valence-electron chi connectivity index (χ0n) is 35.4. The second-order valence-corrected chi connectivity index (χ2v) is 20.7. The number of carbonyl (C=O) groups excluding carboxylic acids is 8. The van der Waals surface area contributed by atoms with E-state index in [1.54, 1.807) is 0 Å². The van der Waals surface area contributed by atoms with Crippen molar-refractivity contribution in [2.24, 2.45) is 20.8 Å². The Morgan fingerprint density at radius 3 is 1.04 bits per heavy atom. The molecule has 0 saturated heterocycles. The number of thioether (sulfide) groups is 4. The van der Waals surface area contributed by atoms with Crippen LogP contribution in [0, 0.1) is 10.8 Å². The molecule has 3 aromatic carbocycles. The number of ether oxygens (including phenoxy) is 4. The maximum absolute atomic E-state index is 14.8. The molecule has 0 saturated carbocycles. The molecule has 3 aromatic rings. The average molecular weight is 1020 g/mol. The third-order valence-corrected chi connectivity index (χ3v) is 14.1. The van der Waals surface area contributed by atoms with Gasteiger partial charge in [-0.15, -0.1) is 0 Å². The van der Waals surface area contributed by atoms with Gasteiger partial charge in [0.1, 0.15) is 11.5 Å². The number of imide groups is 6. The number of nitrogens with zero attached hydrogens (tertiary/aromatic N) is 4. The zero-order valence-corrected chi connectivity index (χ0v) is 38.6. The Bertz CT molecular complexity index is 2670. The molecule has 26 heteroatoms.